The lowest BCUT2D eigenvalue weighted by Gasteiger charge is -2.04. The van der Waals surface area contributed by atoms with Crippen LogP contribution < -0.4 is 10.0 Å². The smallest absolute Gasteiger partial charge is 0.256 e. The summed E-state index contributed by atoms with van der Waals surface area (Å²) in [4.78, 5) is 11.8. The lowest BCUT2D eigenvalue weighted by atomic mass is 10.2. The predicted octanol–water partition coefficient (Wildman–Crippen LogP) is 2.18. The zero-order chi connectivity index (χ0) is 12.3. The normalized spacial score (nSPS) is 9.94. The summed E-state index contributed by atoms with van der Waals surface area (Å²) in [6.45, 7) is 0. The lowest BCUT2D eigenvalue weighted by Crippen LogP contribution is -2.25. The summed E-state index contributed by atoms with van der Waals surface area (Å²) in [5.74, 6) is -0.230. The van der Waals surface area contributed by atoms with Crippen LogP contribution in [0.25, 0.3) is 0 Å². The Morgan fingerprint density at radius 1 is 1.12 bits per heavy atom. The Balaban J connectivity index is 2.11. The maximum atomic E-state index is 11.8. The van der Waals surface area contributed by atoms with E-state index in [1.807, 2.05) is 24.3 Å². The average molecular weight is 340 g/mol. The molecule has 17 heavy (non-hydrogen) atoms. The van der Waals surface area contributed by atoms with E-state index in [1.165, 1.54) is 24.5 Å². The first-order valence-electron chi connectivity index (χ1n) is 4.91. The summed E-state index contributed by atoms with van der Waals surface area (Å²) < 4.78 is 1.74. The van der Waals surface area contributed by atoms with Gasteiger partial charge in [0.25, 0.3) is 5.91 Å². The average Bonchev–Trinajstić information content (AvgIpc) is 2.33. The Kier molecular flexibility index (Phi) is 3.58. The van der Waals surface area contributed by atoms with E-state index in [-0.39, 0.29) is 5.91 Å². The van der Waals surface area contributed by atoms with Gasteiger partial charge in [-0.1, -0.05) is 0 Å². The first-order valence-corrected chi connectivity index (χ1v) is 5.99. The van der Waals surface area contributed by atoms with E-state index >= 15 is 0 Å². The second-order valence-electron chi connectivity index (χ2n) is 3.41. The van der Waals surface area contributed by atoms with E-state index in [4.69, 9.17) is 0 Å². The third-order valence-electron chi connectivity index (χ3n) is 2.17. The number of rotatable bonds is 2. The van der Waals surface area contributed by atoms with Crippen LogP contribution in [-0.4, -0.2) is 5.91 Å². The molecule has 0 aliphatic heterocycles. The van der Waals surface area contributed by atoms with E-state index in [1.54, 1.807) is 0 Å². The molecule has 5 heteroatoms. The van der Waals surface area contributed by atoms with Gasteiger partial charge in [0, 0.05) is 21.4 Å². The third-order valence-corrected chi connectivity index (χ3v) is 2.89. The van der Waals surface area contributed by atoms with E-state index in [2.05, 4.69) is 27.9 Å². The zero-order valence-electron chi connectivity index (χ0n) is 8.76. The fourth-order valence-electron chi connectivity index (χ4n) is 1.30. The maximum absolute atomic E-state index is 11.8. The van der Waals surface area contributed by atoms with Crippen molar-refractivity contribution < 1.29 is 9.52 Å². The van der Waals surface area contributed by atoms with Gasteiger partial charge in [0.05, 0.1) is 5.56 Å². The van der Waals surface area contributed by atoms with Gasteiger partial charge in [-0.15, -0.1) is 0 Å². The fraction of sp³-hybridized carbons (Fsp3) is 0. The highest BCUT2D eigenvalue weighted by molar-refractivity contribution is 14.1. The van der Waals surface area contributed by atoms with E-state index < -0.39 is 0 Å². The van der Waals surface area contributed by atoms with Crippen LogP contribution in [0.2, 0.25) is 0 Å². The Bertz CT molecular complexity index is 523. The minimum absolute atomic E-state index is 0.230. The van der Waals surface area contributed by atoms with Crippen molar-refractivity contribution in [3.8, 4) is 0 Å². The van der Waals surface area contributed by atoms with Crippen LogP contribution in [0.15, 0.2) is 48.8 Å². The first-order chi connectivity index (χ1) is 8.15. The second-order valence-corrected chi connectivity index (χ2v) is 4.65. The molecule has 1 N–H and O–H groups in total. The summed E-state index contributed by atoms with van der Waals surface area (Å²) >= 11 is 2.20. The van der Waals surface area contributed by atoms with Crippen LogP contribution in [0, 0.1) is 8.78 Å². The topological polar surface area (TPSA) is 56.0 Å². The summed E-state index contributed by atoms with van der Waals surface area (Å²) in [5.41, 5.74) is 1.19. The highest BCUT2D eigenvalue weighted by Gasteiger charge is 2.06. The predicted molar refractivity (Wildman–Crippen MR) is 72.5 cm³/mol. The number of benzene rings is 1. The number of hydrogen-bond donors (Lipinski definition) is 1. The van der Waals surface area contributed by atoms with Gasteiger partial charge in [-0.3, -0.25) is 4.79 Å². The van der Waals surface area contributed by atoms with Crippen molar-refractivity contribution in [1.29, 1.82) is 0 Å². The largest absolute Gasteiger partial charge is 0.619 e. The molecule has 86 valence electrons. The molecular formula is C12H9IN2O2. The van der Waals surface area contributed by atoms with Gasteiger partial charge in [-0.05, 0) is 46.9 Å². The summed E-state index contributed by atoms with van der Waals surface area (Å²) in [7, 11) is 0. The molecule has 1 heterocycles. The minimum Gasteiger partial charge on any atom is -0.619 e. The second kappa shape index (κ2) is 5.13. The molecule has 1 amide bonds. The van der Waals surface area contributed by atoms with Crippen molar-refractivity contribution in [1.82, 2.24) is 0 Å². The molecule has 0 atom stereocenters. The molecule has 2 rings (SSSR count). The highest BCUT2D eigenvalue weighted by atomic mass is 127. The first kappa shape index (κ1) is 11.8. The molecule has 0 saturated carbocycles. The number of nitrogens with one attached hydrogen (secondary N) is 1. The van der Waals surface area contributed by atoms with Crippen molar-refractivity contribution >= 4 is 34.2 Å². The quantitative estimate of drug-likeness (QED) is 0.518. The Morgan fingerprint density at radius 3 is 2.29 bits per heavy atom. The summed E-state index contributed by atoms with van der Waals surface area (Å²) in [5, 5.41) is 13.6. The van der Waals surface area contributed by atoms with Crippen LogP contribution in [0.5, 0.6) is 0 Å². The van der Waals surface area contributed by atoms with Gasteiger partial charge >= 0.3 is 0 Å². The van der Waals surface area contributed by atoms with Gasteiger partial charge < -0.3 is 10.5 Å². The summed E-state index contributed by atoms with van der Waals surface area (Å²) in [6.07, 6.45) is 2.59. The lowest BCUT2D eigenvalue weighted by molar-refractivity contribution is -0.605. The standard InChI is InChI=1S/C12H9IN2O2/c13-10-1-3-11(4-2-10)14-12(16)9-5-7-15(17)8-6-9/h1-8H,(H,14,16). The Morgan fingerprint density at radius 2 is 1.71 bits per heavy atom. The number of nitrogens with zero attached hydrogens (tertiary/aromatic N) is 1. The molecule has 0 radical (unpaired) electrons. The van der Waals surface area contributed by atoms with Crippen molar-refractivity contribution in [2.75, 3.05) is 5.32 Å². The van der Waals surface area contributed by atoms with Gasteiger partial charge in [-0.2, -0.15) is 4.73 Å². The van der Waals surface area contributed by atoms with Crippen molar-refractivity contribution in [2.24, 2.45) is 0 Å². The number of anilines is 1. The molecule has 0 bridgehead atoms. The van der Waals surface area contributed by atoms with Crippen molar-refractivity contribution in [2.45, 2.75) is 0 Å². The number of halogens is 1. The third kappa shape index (κ3) is 3.16. The van der Waals surface area contributed by atoms with E-state index in [9.17, 15) is 10.0 Å². The van der Waals surface area contributed by atoms with E-state index in [0.29, 0.717) is 10.3 Å². The number of amides is 1. The molecule has 4 nitrogen and oxygen atoms in total. The monoisotopic (exact) mass is 340 g/mol. The molecule has 0 spiro atoms. The molecule has 0 fully saturated rings. The molecule has 1 aromatic heterocycles. The van der Waals surface area contributed by atoms with Gasteiger partial charge in [0.2, 0.25) is 0 Å². The summed E-state index contributed by atoms with van der Waals surface area (Å²) in [6, 6.07) is 10.4. The number of pyridine rings is 1. The Hall–Kier alpha value is -1.63. The Labute approximate surface area is 112 Å². The molecule has 1 aromatic carbocycles. The number of carbonyl (C=O) groups is 1. The molecular weight excluding hydrogens is 331 g/mol. The van der Waals surface area contributed by atoms with Crippen LogP contribution in [0.3, 0.4) is 0 Å². The molecule has 2 aromatic rings. The van der Waals surface area contributed by atoms with Gasteiger partial charge in [0.1, 0.15) is 0 Å². The van der Waals surface area contributed by atoms with Crippen LogP contribution in [-0.2, 0) is 0 Å². The van der Waals surface area contributed by atoms with Crippen molar-refractivity contribution in [3.63, 3.8) is 0 Å². The van der Waals surface area contributed by atoms with Gasteiger partial charge in [-0.25, -0.2) is 0 Å². The van der Waals surface area contributed by atoms with Crippen molar-refractivity contribution in [3.05, 3.63) is 63.1 Å². The molecule has 0 aliphatic carbocycles. The van der Waals surface area contributed by atoms with E-state index in [0.717, 1.165) is 9.26 Å². The van der Waals surface area contributed by atoms with Gasteiger partial charge in [0.15, 0.2) is 12.4 Å². The molecule has 0 aliphatic rings. The molecule has 0 unspecified atom stereocenters. The number of carbonyl (C=O) groups excluding carboxylic acids is 1. The number of aromatic nitrogens is 1. The van der Waals surface area contributed by atoms with Crippen LogP contribution in [0.4, 0.5) is 5.69 Å². The maximum Gasteiger partial charge on any atom is 0.256 e. The highest BCUT2D eigenvalue weighted by Crippen LogP contribution is 2.12. The van der Waals surface area contributed by atoms with Crippen LogP contribution in [0.1, 0.15) is 10.4 Å². The minimum atomic E-state index is -0.230. The van der Waals surface area contributed by atoms with Crippen LogP contribution >= 0.6 is 22.6 Å². The SMILES string of the molecule is O=C(Nc1ccc(I)cc1)c1cc[n+]([O-])cc1. The zero-order valence-corrected chi connectivity index (χ0v) is 10.9. The fourth-order valence-corrected chi connectivity index (χ4v) is 1.66. The molecule has 0 saturated heterocycles. The number of hydrogen-bond acceptors (Lipinski definition) is 2.